The summed E-state index contributed by atoms with van der Waals surface area (Å²) in [6.45, 7) is 16.7. The molecule has 0 aliphatic heterocycles. The monoisotopic (exact) mass is 426 g/mol. The number of benzene rings is 1. The van der Waals surface area contributed by atoms with Gasteiger partial charge in [0.1, 0.15) is 13.8 Å². The van der Waals surface area contributed by atoms with Crippen LogP contribution in [-0.2, 0) is 12.8 Å². The Morgan fingerprint density at radius 3 is 2.13 bits per heavy atom. The first kappa shape index (κ1) is 25.0. The van der Waals surface area contributed by atoms with E-state index in [4.69, 9.17) is 4.74 Å². The summed E-state index contributed by atoms with van der Waals surface area (Å²) in [5.41, 5.74) is 4.72. The van der Waals surface area contributed by atoms with Crippen LogP contribution in [-0.4, -0.2) is 15.2 Å². The highest BCUT2D eigenvalue weighted by Gasteiger charge is 2.37. The molecule has 0 amide bonds. The molecule has 1 aromatic carbocycles. The largest absolute Gasteiger partial charge is 0.497 e. The van der Waals surface area contributed by atoms with Crippen LogP contribution in [0, 0.1) is 5.41 Å². The van der Waals surface area contributed by atoms with Crippen LogP contribution in [0.1, 0.15) is 90.7 Å². The van der Waals surface area contributed by atoms with Gasteiger partial charge in [-0.25, -0.2) is 0 Å². The predicted octanol–water partition coefficient (Wildman–Crippen LogP) is 7.92. The average Bonchev–Trinajstić information content (AvgIpc) is 3.19. The number of rotatable bonds is 11. The lowest BCUT2D eigenvalue weighted by Crippen LogP contribution is -2.46. The number of unbranched alkanes of at least 4 members (excludes halogenated alkanes) is 4. The van der Waals surface area contributed by atoms with Crippen LogP contribution in [0.25, 0.3) is 0 Å². The first-order valence-electron chi connectivity index (χ1n) is 12.3. The van der Waals surface area contributed by atoms with Gasteiger partial charge in [0.25, 0.3) is 0 Å². The van der Waals surface area contributed by atoms with Gasteiger partial charge in [0.05, 0.1) is 7.11 Å². The Morgan fingerprint density at radius 1 is 0.933 bits per heavy atom. The molecule has 0 unspecified atom stereocenters. The van der Waals surface area contributed by atoms with Gasteiger partial charge in [-0.05, 0) is 59.4 Å². The average molecular weight is 427 g/mol. The van der Waals surface area contributed by atoms with Crippen molar-refractivity contribution in [1.82, 2.24) is 0 Å². The van der Waals surface area contributed by atoms with Crippen LogP contribution in [0.2, 0.25) is 13.1 Å². The summed E-state index contributed by atoms with van der Waals surface area (Å²) in [6.07, 6.45) is 15.9. The summed E-state index contributed by atoms with van der Waals surface area (Å²) in [5.74, 6) is 1.19. The topological polar surface area (TPSA) is 9.23 Å². The molecule has 0 N–H and O–H groups in total. The van der Waals surface area contributed by atoms with E-state index in [1.807, 2.05) is 7.11 Å². The molecule has 0 saturated heterocycles. The molecule has 1 nitrogen and oxygen atoms in total. The molecule has 168 valence electrons. The molecule has 0 bridgehead atoms. The molecule has 1 aromatic rings. The highest BCUT2D eigenvalue weighted by atomic mass is 28.3. The Labute approximate surface area is 188 Å². The number of aryl methyl sites for hydroxylation is 2. The van der Waals surface area contributed by atoms with Crippen molar-refractivity contribution in [2.24, 2.45) is 5.41 Å². The van der Waals surface area contributed by atoms with Crippen molar-refractivity contribution in [3.05, 3.63) is 46.2 Å². The zero-order chi connectivity index (χ0) is 22.4. The maximum Gasteiger partial charge on any atom is 0.121 e. The summed E-state index contributed by atoms with van der Waals surface area (Å²) < 4.78 is 6.15. The molecule has 1 aliphatic carbocycles. The van der Waals surface area contributed by atoms with Crippen LogP contribution in [0.4, 0.5) is 0 Å². The molecule has 0 atom stereocenters. The zero-order valence-electron chi connectivity index (χ0n) is 21.1. The van der Waals surface area contributed by atoms with E-state index in [-0.39, 0.29) is 5.41 Å². The lowest BCUT2D eigenvalue weighted by Gasteiger charge is -2.33. The van der Waals surface area contributed by atoms with Gasteiger partial charge in [0.2, 0.25) is 0 Å². The molecule has 2 rings (SSSR count). The molecule has 0 heterocycles. The van der Waals surface area contributed by atoms with Crippen LogP contribution in [0.3, 0.4) is 0 Å². The molecule has 30 heavy (non-hydrogen) atoms. The van der Waals surface area contributed by atoms with E-state index in [2.05, 4.69) is 72.0 Å². The quantitative estimate of drug-likeness (QED) is 0.258. The van der Waals surface area contributed by atoms with E-state index in [9.17, 15) is 0 Å². The Kier molecular flexibility index (Phi) is 9.03. The molecular weight excluding hydrogens is 380 g/mol. The van der Waals surface area contributed by atoms with Crippen molar-refractivity contribution in [2.75, 3.05) is 7.11 Å². The maximum absolute atomic E-state index is 6.15. The van der Waals surface area contributed by atoms with Crippen LogP contribution < -0.4 is 9.92 Å². The minimum absolute atomic E-state index is 0.197. The molecule has 1 aliphatic rings. The van der Waals surface area contributed by atoms with Crippen molar-refractivity contribution < 1.29 is 4.74 Å². The Bertz CT molecular complexity index is 762. The van der Waals surface area contributed by atoms with Gasteiger partial charge in [0, 0.05) is 0 Å². The number of methoxy groups -OCH3 is 1. The van der Waals surface area contributed by atoms with E-state index in [1.165, 1.54) is 67.0 Å². The van der Waals surface area contributed by atoms with Gasteiger partial charge < -0.3 is 4.74 Å². The minimum Gasteiger partial charge on any atom is -0.497 e. The molecular formula is C28H46OSi. The van der Waals surface area contributed by atoms with Gasteiger partial charge in [-0.1, -0.05) is 103 Å². The van der Waals surface area contributed by atoms with Gasteiger partial charge in [-0.15, -0.1) is 0 Å². The normalized spacial score (nSPS) is 14.7. The number of ether oxygens (including phenoxy) is 1. The lowest BCUT2D eigenvalue weighted by molar-refractivity contribution is 0.411. The van der Waals surface area contributed by atoms with E-state index >= 15 is 0 Å². The van der Waals surface area contributed by atoms with Crippen molar-refractivity contribution in [3.8, 4) is 5.75 Å². The Morgan fingerprint density at radius 2 is 1.57 bits per heavy atom. The zero-order valence-corrected chi connectivity index (χ0v) is 22.1. The molecule has 0 aromatic heterocycles. The fraction of sp³-hybridized carbons (Fsp3) is 0.643. The van der Waals surface area contributed by atoms with E-state index in [1.54, 1.807) is 10.8 Å². The summed E-state index contributed by atoms with van der Waals surface area (Å²) in [7, 11) is 0.0338. The third-order valence-electron chi connectivity index (χ3n) is 6.72. The van der Waals surface area contributed by atoms with Crippen molar-refractivity contribution >= 4 is 13.3 Å². The molecule has 0 spiro atoms. The SMILES string of the molecule is CCCCCc1cc(CCCCC)c(OC)c([Si](C)(C)C2=C(C(C)(C)C)C=CC2)c1. The van der Waals surface area contributed by atoms with Gasteiger partial charge in [-0.3, -0.25) is 0 Å². The fourth-order valence-corrected chi connectivity index (χ4v) is 8.36. The van der Waals surface area contributed by atoms with Crippen molar-refractivity contribution in [2.45, 2.75) is 106 Å². The standard InChI is InChI=1S/C28H46OSi/c1-9-11-13-16-22-20-23(17-14-12-10-2)27(29-6)26(21-22)30(7,8)25-19-15-18-24(25)28(3,4)5/h15,18,20-21H,9-14,16-17,19H2,1-8H3. The number of hydrogen-bond donors (Lipinski definition) is 0. The highest BCUT2D eigenvalue weighted by molar-refractivity contribution is 6.96. The number of hydrogen-bond acceptors (Lipinski definition) is 1. The molecule has 2 heteroatoms. The van der Waals surface area contributed by atoms with Crippen molar-refractivity contribution in [3.63, 3.8) is 0 Å². The molecule has 0 fully saturated rings. The third kappa shape index (κ3) is 5.90. The molecule has 0 radical (unpaired) electrons. The smallest absolute Gasteiger partial charge is 0.121 e. The van der Waals surface area contributed by atoms with Crippen LogP contribution >= 0.6 is 0 Å². The summed E-state index contributed by atoms with van der Waals surface area (Å²) >= 11 is 0. The van der Waals surface area contributed by atoms with E-state index < -0.39 is 8.07 Å². The Balaban J connectivity index is 2.57. The third-order valence-corrected chi connectivity index (χ3v) is 10.4. The minimum atomic E-state index is -1.85. The van der Waals surface area contributed by atoms with E-state index in [0.29, 0.717) is 0 Å². The fourth-order valence-electron chi connectivity index (χ4n) is 4.90. The second-order valence-corrected chi connectivity index (χ2v) is 15.0. The first-order valence-corrected chi connectivity index (χ1v) is 15.3. The molecule has 0 saturated carbocycles. The van der Waals surface area contributed by atoms with Gasteiger partial charge >= 0.3 is 0 Å². The summed E-state index contributed by atoms with van der Waals surface area (Å²) in [4.78, 5) is 0. The second kappa shape index (κ2) is 10.8. The van der Waals surface area contributed by atoms with Gasteiger partial charge in [-0.2, -0.15) is 0 Å². The van der Waals surface area contributed by atoms with Crippen LogP contribution in [0.15, 0.2) is 35.1 Å². The highest BCUT2D eigenvalue weighted by Crippen LogP contribution is 2.39. The maximum atomic E-state index is 6.15. The van der Waals surface area contributed by atoms with Crippen LogP contribution in [0.5, 0.6) is 5.75 Å². The summed E-state index contributed by atoms with van der Waals surface area (Å²) in [5, 5.41) is 3.21. The van der Waals surface area contributed by atoms with E-state index in [0.717, 1.165) is 12.8 Å². The van der Waals surface area contributed by atoms with Gasteiger partial charge in [0.15, 0.2) is 0 Å². The van der Waals surface area contributed by atoms with Crippen molar-refractivity contribution in [1.29, 1.82) is 0 Å². The second-order valence-electron chi connectivity index (χ2n) is 10.6. The number of allylic oxidation sites excluding steroid dienone is 4. The predicted molar refractivity (Wildman–Crippen MR) is 137 cm³/mol. The first-order chi connectivity index (χ1) is 14.2. The Hall–Kier alpha value is -1.28. The summed E-state index contributed by atoms with van der Waals surface area (Å²) in [6, 6.07) is 4.99. The lowest BCUT2D eigenvalue weighted by atomic mass is 9.87.